The fraction of sp³-hybridized carbons (Fsp3) is 0.611. The molecule has 3 atom stereocenters. The zero-order chi connectivity index (χ0) is 16.5. The molecular weight excluding hydrogens is 309 g/mol. The normalized spacial score (nSPS) is 30.5. The number of benzene rings is 1. The lowest BCUT2D eigenvalue weighted by Gasteiger charge is -2.32. The van der Waals surface area contributed by atoms with Crippen LogP contribution < -0.4 is 5.32 Å². The first-order valence-electron chi connectivity index (χ1n) is 8.78. The lowest BCUT2D eigenvalue weighted by molar-refractivity contribution is -0.134. The van der Waals surface area contributed by atoms with Crippen LogP contribution >= 0.6 is 0 Å². The molecular formula is C18H24FN3O2. The predicted octanol–water partition coefficient (Wildman–Crippen LogP) is 0.877. The zero-order valence-corrected chi connectivity index (χ0v) is 13.8. The highest BCUT2D eigenvalue weighted by atomic mass is 19.1. The summed E-state index contributed by atoms with van der Waals surface area (Å²) < 4.78 is 19.1. The molecule has 130 valence electrons. The van der Waals surface area contributed by atoms with E-state index in [2.05, 4.69) is 10.2 Å². The average Bonchev–Trinajstić information content (AvgIpc) is 3.16. The van der Waals surface area contributed by atoms with Crippen molar-refractivity contribution in [2.24, 2.45) is 11.8 Å². The maximum Gasteiger partial charge on any atom is 0.237 e. The van der Waals surface area contributed by atoms with Crippen LogP contribution in [-0.4, -0.2) is 68.2 Å². The van der Waals surface area contributed by atoms with Gasteiger partial charge in [0.2, 0.25) is 5.91 Å². The van der Waals surface area contributed by atoms with Crippen molar-refractivity contribution in [3.8, 4) is 0 Å². The molecule has 0 saturated carbocycles. The highest BCUT2D eigenvalue weighted by molar-refractivity contribution is 5.79. The van der Waals surface area contributed by atoms with Crippen molar-refractivity contribution in [2.75, 3.05) is 52.5 Å². The number of halogens is 1. The summed E-state index contributed by atoms with van der Waals surface area (Å²) in [5.41, 5.74) is 0.918. The van der Waals surface area contributed by atoms with Gasteiger partial charge in [0.25, 0.3) is 0 Å². The van der Waals surface area contributed by atoms with Gasteiger partial charge in [-0.15, -0.1) is 0 Å². The molecule has 24 heavy (non-hydrogen) atoms. The van der Waals surface area contributed by atoms with E-state index in [1.165, 1.54) is 6.07 Å². The number of amides is 1. The molecule has 1 aromatic rings. The maximum absolute atomic E-state index is 13.7. The number of nitrogens with zero attached hydrogens (tertiary/aromatic N) is 2. The molecule has 0 bridgehead atoms. The quantitative estimate of drug-likeness (QED) is 0.892. The second-order valence-corrected chi connectivity index (χ2v) is 7.02. The number of hydrogen-bond donors (Lipinski definition) is 1. The third-order valence-corrected chi connectivity index (χ3v) is 5.54. The lowest BCUT2D eigenvalue weighted by atomic mass is 9.89. The van der Waals surface area contributed by atoms with Gasteiger partial charge in [0.05, 0.1) is 25.8 Å². The molecule has 0 aliphatic carbocycles. The summed E-state index contributed by atoms with van der Waals surface area (Å²) in [5, 5.41) is 3.42. The minimum absolute atomic E-state index is 0.0192. The van der Waals surface area contributed by atoms with Crippen LogP contribution in [0.5, 0.6) is 0 Å². The molecule has 1 amide bonds. The average molecular weight is 333 g/mol. The monoisotopic (exact) mass is 333 g/mol. The van der Waals surface area contributed by atoms with Crippen LogP contribution in [-0.2, 0) is 9.53 Å². The minimum Gasteiger partial charge on any atom is -0.379 e. The molecule has 5 nitrogen and oxygen atoms in total. The van der Waals surface area contributed by atoms with Gasteiger partial charge < -0.3 is 15.0 Å². The highest BCUT2D eigenvalue weighted by Crippen LogP contribution is 2.42. The molecule has 3 heterocycles. The third-order valence-electron chi connectivity index (χ3n) is 5.54. The summed E-state index contributed by atoms with van der Waals surface area (Å²) in [4.78, 5) is 17.1. The molecule has 4 rings (SSSR count). The zero-order valence-electron chi connectivity index (χ0n) is 13.8. The smallest absolute Gasteiger partial charge is 0.237 e. The fourth-order valence-corrected chi connectivity index (χ4v) is 4.34. The molecule has 0 spiro atoms. The Bertz CT molecular complexity index is 606. The van der Waals surface area contributed by atoms with Gasteiger partial charge in [-0.3, -0.25) is 9.69 Å². The van der Waals surface area contributed by atoms with Crippen molar-refractivity contribution in [3.63, 3.8) is 0 Å². The number of rotatable bonds is 3. The topological polar surface area (TPSA) is 44.8 Å². The number of fused-ring (bicyclic) bond motifs is 1. The van der Waals surface area contributed by atoms with E-state index in [4.69, 9.17) is 4.74 Å². The Kier molecular flexibility index (Phi) is 4.52. The largest absolute Gasteiger partial charge is 0.379 e. The number of carbonyl (C=O) groups excluding carboxylic acids is 1. The number of ether oxygens (including phenoxy) is 1. The second-order valence-electron chi connectivity index (χ2n) is 7.02. The number of carbonyl (C=O) groups is 1. The third kappa shape index (κ3) is 3.06. The fourth-order valence-electron chi connectivity index (χ4n) is 4.34. The summed E-state index contributed by atoms with van der Waals surface area (Å²) in [7, 11) is 0. The minimum atomic E-state index is -0.234. The molecule has 3 fully saturated rings. The van der Waals surface area contributed by atoms with E-state index in [0.717, 1.165) is 38.3 Å². The Labute approximate surface area is 141 Å². The Morgan fingerprint density at radius 2 is 2.12 bits per heavy atom. The first-order valence-corrected chi connectivity index (χ1v) is 8.78. The van der Waals surface area contributed by atoms with Gasteiger partial charge in [-0.05, 0) is 23.6 Å². The summed E-state index contributed by atoms with van der Waals surface area (Å²) in [6.07, 6.45) is 0. The van der Waals surface area contributed by atoms with E-state index in [-0.39, 0.29) is 17.8 Å². The van der Waals surface area contributed by atoms with E-state index >= 15 is 0 Å². The standard InChI is InChI=1S/C18H24FN3O2/c19-15-3-1-2-13(8-15)18-16-10-20-9-14(16)11-22(18)17(23)12-21-4-6-24-7-5-21/h1-3,8,14,16,18,20H,4-7,9-12H2/t14-,16-,18-/m0/s1. The van der Waals surface area contributed by atoms with Crippen molar-refractivity contribution in [1.29, 1.82) is 0 Å². The summed E-state index contributed by atoms with van der Waals surface area (Å²) in [6.45, 7) is 6.03. The van der Waals surface area contributed by atoms with Crippen LogP contribution in [0.25, 0.3) is 0 Å². The van der Waals surface area contributed by atoms with Crippen molar-refractivity contribution < 1.29 is 13.9 Å². The van der Waals surface area contributed by atoms with Gasteiger partial charge in [0.1, 0.15) is 5.82 Å². The van der Waals surface area contributed by atoms with Gasteiger partial charge in [-0.2, -0.15) is 0 Å². The first-order chi connectivity index (χ1) is 11.7. The molecule has 3 aliphatic heterocycles. The first kappa shape index (κ1) is 16.0. The number of likely N-dealkylation sites (tertiary alicyclic amines) is 1. The maximum atomic E-state index is 13.7. The Morgan fingerprint density at radius 1 is 1.29 bits per heavy atom. The highest BCUT2D eigenvalue weighted by Gasteiger charge is 2.46. The van der Waals surface area contributed by atoms with Crippen LogP contribution in [0.1, 0.15) is 11.6 Å². The van der Waals surface area contributed by atoms with Gasteiger partial charge in [0.15, 0.2) is 0 Å². The molecule has 0 aromatic heterocycles. The number of hydrogen-bond acceptors (Lipinski definition) is 4. The predicted molar refractivity (Wildman–Crippen MR) is 88.0 cm³/mol. The van der Waals surface area contributed by atoms with Crippen molar-refractivity contribution >= 4 is 5.91 Å². The number of morpholine rings is 1. The molecule has 3 saturated heterocycles. The van der Waals surface area contributed by atoms with Crippen LogP contribution in [0.15, 0.2) is 24.3 Å². The number of nitrogens with one attached hydrogen (secondary N) is 1. The van der Waals surface area contributed by atoms with Crippen LogP contribution in [0.2, 0.25) is 0 Å². The summed E-state index contributed by atoms with van der Waals surface area (Å²) >= 11 is 0. The Balaban J connectivity index is 1.54. The van der Waals surface area contributed by atoms with E-state index in [0.29, 0.717) is 31.6 Å². The van der Waals surface area contributed by atoms with E-state index in [1.807, 2.05) is 11.0 Å². The molecule has 1 N–H and O–H groups in total. The van der Waals surface area contributed by atoms with Crippen molar-refractivity contribution in [1.82, 2.24) is 15.1 Å². The van der Waals surface area contributed by atoms with Crippen molar-refractivity contribution in [2.45, 2.75) is 6.04 Å². The SMILES string of the molecule is O=C(CN1CCOCC1)N1C[C@@H]2CNC[C@@H]2[C@@H]1c1cccc(F)c1. The second kappa shape index (κ2) is 6.78. The molecule has 6 heteroatoms. The molecule has 1 aromatic carbocycles. The Morgan fingerprint density at radius 3 is 2.92 bits per heavy atom. The van der Waals surface area contributed by atoms with Gasteiger partial charge in [-0.25, -0.2) is 4.39 Å². The Hall–Kier alpha value is -1.50. The van der Waals surface area contributed by atoms with Gasteiger partial charge in [0, 0.05) is 38.6 Å². The van der Waals surface area contributed by atoms with E-state index in [9.17, 15) is 9.18 Å². The van der Waals surface area contributed by atoms with Gasteiger partial charge >= 0.3 is 0 Å². The summed E-state index contributed by atoms with van der Waals surface area (Å²) in [6, 6.07) is 6.71. The van der Waals surface area contributed by atoms with Gasteiger partial charge in [-0.1, -0.05) is 12.1 Å². The van der Waals surface area contributed by atoms with Crippen LogP contribution in [0.3, 0.4) is 0 Å². The van der Waals surface area contributed by atoms with Crippen LogP contribution in [0, 0.1) is 17.7 Å². The molecule has 0 radical (unpaired) electrons. The van der Waals surface area contributed by atoms with Crippen LogP contribution in [0.4, 0.5) is 4.39 Å². The molecule has 3 aliphatic rings. The van der Waals surface area contributed by atoms with E-state index < -0.39 is 0 Å². The summed E-state index contributed by atoms with van der Waals surface area (Å²) in [5.74, 6) is 0.760. The molecule has 0 unspecified atom stereocenters. The lowest BCUT2D eigenvalue weighted by Crippen LogP contribution is -2.45. The van der Waals surface area contributed by atoms with Crippen molar-refractivity contribution in [3.05, 3.63) is 35.6 Å². The van der Waals surface area contributed by atoms with E-state index in [1.54, 1.807) is 12.1 Å².